The maximum absolute atomic E-state index is 13.6. The number of pyridine rings is 1. The van der Waals surface area contributed by atoms with E-state index in [2.05, 4.69) is 10.2 Å². The van der Waals surface area contributed by atoms with Crippen LogP contribution in [0.15, 0.2) is 42.6 Å². The van der Waals surface area contributed by atoms with Gasteiger partial charge in [-0.2, -0.15) is 0 Å². The molecule has 0 spiro atoms. The van der Waals surface area contributed by atoms with Gasteiger partial charge in [0.05, 0.1) is 5.56 Å². The zero-order chi connectivity index (χ0) is 11.8. The molecule has 1 aromatic carbocycles. The van der Waals surface area contributed by atoms with Gasteiger partial charge in [-0.1, -0.05) is 12.1 Å². The van der Waals surface area contributed by atoms with Crippen molar-refractivity contribution in [1.82, 2.24) is 14.6 Å². The van der Waals surface area contributed by atoms with Gasteiger partial charge in [0.2, 0.25) is 5.65 Å². The lowest BCUT2D eigenvalue weighted by atomic mass is 10.2. The molecule has 0 amide bonds. The molecule has 0 atom stereocenters. The van der Waals surface area contributed by atoms with Crippen LogP contribution in [0, 0.1) is 5.82 Å². The molecule has 0 bridgehead atoms. The molecular weight excluding hydrogens is 221 g/mol. The van der Waals surface area contributed by atoms with Gasteiger partial charge >= 0.3 is 0 Å². The molecule has 1 N–H and O–H groups in total. The van der Waals surface area contributed by atoms with Crippen molar-refractivity contribution in [1.29, 1.82) is 0 Å². The Bertz CT molecular complexity index is 693. The second-order valence-electron chi connectivity index (χ2n) is 3.59. The Kier molecular flexibility index (Phi) is 2.04. The van der Waals surface area contributed by atoms with Crippen molar-refractivity contribution in [3.05, 3.63) is 48.4 Å². The minimum absolute atomic E-state index is 0.0163. The predicted octanol–water partition coefficient (Wildman–Crippen LogP) is 2.24. The SMILES string of the molecule is Oc1cccn2c(-c3ccccc3F)nnc12. The summed E-state index contributed by atoms with van der Waals surface area (Å²) in [5.74, 6) is 0.0155. The predicted molar refractivity (Wildman–Crippen MR) is 60.0 cm³/mol. The zero-order valence-corrected chi connectivity index (χ0v) is 8.71. The lowest BCUT2D eigenvalue weighted by Gasteiger charge is -2.01. The Morgan fingerprint density at radius 1 is 1.06 bits per heavy atom. The average molecular weight is 229 g/mol. The van der Waals surface area contributed by atoms with Crippen LogP contribution in [0.2, 0.25) is 0 Å². The number of aromatic nitrogens is 3. The third kappa shape index (κ3) is 1.44. The molecular formula is C12H8FN3O. The molecule has 3 rings (SSSR count). The van der Waals surface area contributed by atoms with Crippen LogP contribution in [-0.4, -0.2) is 19.7 Å². The van der Waals surface area contributed by atoms with Crippen LogP contribution in [0.1, 0.15) is 0 Å². The van der Waals surface area contributed by atoms with Crippen LogP contribution in [0.25, 0.3) is 17.0 Å². The Balaban J connectivity index is 2.33. The van der Waals surface area contributed by atoms with Crippen molar-refractivity contribution in [3.63, 3.8) is 0 Å². The third-order valence-electron chi connectivity index (χ3n) is 2.53. The highest BCUT2D eigenvalue weighted by molar-refractivity contribution is 5.63. The van der Waals surface area contributed by atoms with Crippen LogP contribution in [-0.2, 0) is 0 Å². The van der Waals surface area contributed by atoms with Crippen LogP contribution in [0.4, 0.5) is 4.39 Å². The third-order valence-corrected chi connectivity index (χ3v) is 2.53. The molecule has 84 valence electrons. The van der Waals surface area contributed by atoms with Gasteiger partial charge in [-0.15, -0.1) is 10.2 Å². The number of rotatable bonds is 1. The minimum Gasteiger partial charge on any atom is -0.504 e. The monoisotopic (exact) mass is 229 g/mol. The summed E-state index contributed by atoms with van der Waals surface area (Å²) < 4.78 is 15.2. The van der Waals surface area contributed by atoms with Gasteiger partial charge in [0, 0.05) is 6.20 Å². The summed E-state index contributed by atoms with van der Waals surface area (Å²) >= 11 is 0. The first kappa shape index (κ1) is 9.77. The number of nitrogens with zero attached hydrogens (tertiary/aromatic N) is 3. The van der Waals surface area contributed by atoms with Crippen molar-refractivity contribution >= 4 is 5.65 Å². The summed E-state index contributed by atoms with van der Waals surface area (Å²) in [6, 6.07) is 9.47. The lowest BCUT2D eigenvalue weighted by molar-refractivity contribution is 0.477. The molecule has 2 aromatic heterocycles. The van der Waals surface area contributed by atoms with Crippen molar-refractivity contribution < 1.29 is 9.50 Å². The van der Waals surface area contributed by atoms with Gasteiger partial charge in [0.15, 0.2) is 11.6 Å². The van der Waals surface area contributed by atoms with Crippen molar-refractivity contribution in [2.75, 3.05) is 0 Å². The first-order chi connectivity index (χ1) is 8.27. The van der Waals surface area contributed by atoms with Crippen LogP contribution >= 0.6 is 0 Å². The van der Waals surface area contributed by atoms with E-state index in [-0.39, 0.29) is 11.6 Å². The van der Waals surface area contributed by atoms with Crippen LogP contribution in [0.5, 0.6) is 5.75 Å². The Labute approximate surface area is 96.0 Å². The molecule has 0 aliphatic heterocycles. The summed E-state index contributed by atoms with van der Waals surface area (Å²) in [5, 5.41) is 17.3. The topological polar surface area (TPSA) is 50.4 Å². The summed E-state index contributed by atoms with van der Waals surface area (Å²) in [5.41, 5.74) is 0.663. The smallest absolute Gasteiger partial charge is 0.203 e. The molecule has 17 heavy (non-hydrogen) atoms. The molecule has 0 fully saturated rings. The van der Waals surface area contributed by atoms with E-state index in [0.717, 1.165) is 0 Å². The Hall–Kier alpha value is -2.43. The maximum atomic E-state index is 13.6. The van der Waals surface area contributed by atoms with Gasteiger partial charge in [-0.3, -0.25) is 4.40 Å². The standard InChI is InChI=1S/C12H8FN3O/c13-9-5-2-1-4-8(9)11-14-15-12-10(17)6-3-7-16(11)12/h1-7,17H. The number of fused-ring (bicyclic) bond motifs is 1. The van der Waals surface area contributed by atoms with Crippen LogP contribution in [0.3, 0.4) is 0 Å². The fraction of sp³-hybridized carbons (Fsp3) is 0. The molecule has 0 saturated heterocycles. The van der Waals surface area contributed by atoms with E-state index in [1.807, 2.05) is 0 Å². The molecule has 4 nitrogen and oxygen atoms in total. The summed E-state index contributed by atoms with van der Waals surface area (Å²) in [6.45, 7) is 0. The highest BCUT2D eigenvalue weighted by Gasteiger charge is 2.13. The number of hydrogen-bond acceptors (Lipinski definition) is 3. The first-order valence-electron chi connectivity index (χ1n) is 5.05. The van der Waals surface area contributed by atoms with Crippen molar-refractivity contribution in [2.24, 2.45) is 0 Å². The maximum Gasteiger partial charge on any atom is 0.203 e. The van der Waals surface area contributed by atoms with E-state index in [0.29, 0.717) is 17.0 Å². The Morgan fingerprint density at radius 3 is 2.71 bits per heavy atom. The van der Waals surface area contributed by atoms with Gasteiger partial charge in [0.1, 0.15) is 5.82 Å². The van der Waals surface area contributed by atoms with Gasteiger partial charge in [0.25, 0.3) is 0 Å². The molecule has 5 heteroatoms. The quantitative estimate of drug-likeness (QED) is 0.696. The van der Waals surface area contributed by atoms with E-state index >= 15 is 0 Å². The molecule has 0 saturated carbocycles. The number of halogens is 1. The fourth-order valence-electron chi connectivity index (χ4n) is 1.73. The fourth-order valence-corrected chi connectivity index (χ4v) is 1.73. The van der Waals surface area contributed by atoms with E-state index in [1.54, 1.807) is 34.9 Å². The average Bonchev–Trinajstić information content (AvgIpc) is 2.75. The second-order valence-corrected chi connectivity index (χ2v) is 3.59. The zero-order valence-electron chi connectivity index (χ0n) is 8.71. The largest absolute Gasteiger partial charge is 0.504 e. The summed E-state index contributed by atoms with van der Waals surface area (Å²) in [4.78, 5) is 0. The molecule has 0 radical (unpaired) electrons. The van der Waals surface area contributed by atoms with Gasteiger partial charge in [-0.05, 0) is 24.3 Å². The number of aromatic hydroxyl groups is 1. The molecule has 2 heterocycles. The molecule has 0 aliphatic rings. The summed E-state index contributed by atoms with van der Waals surface area (Å²) in [7, 11) is 0. The van der Waals surface area contributed by atoms with E-state index in [4.69, 9.17) is 0 Å². The normalized spacial score (nSPS) is 10.9. The lowest BCUT2D eigenvalue weighted by Crippen LogP contribution is -1.91. The molecule has 0 aliphatic carbocycles. The first-order valence-corrected chi connectivity index (χ1v) is 5.05. The number of benzene rings is 1. The highest BCUT2D eigenvalue weighted by atomic mass is 19.1. The van der Waals surface area contributed by atoms with E-state index < -0.39 is 0 Å². The van der Waals surface area contributed by atoms with Crippen LogP contribution < -0.4 is 0 Å². The summed E-state index contributed by atoms with van der Waals surface area (Å²) in [6.07, 6.45) is 1.68. The van der Waals surface area contributed by atoms with Gasteiger partial charge in [-0.25, -0.2) is 4.39 Å². The molecule has 3 aromatic rings. The Morgan fingerprint density at radius 2 is 1.88 bits per heavy atom. The van der Waals surface area contributed by atoms with Crippen molar-refractivity contribution in [2.45, 2.75) is 0 Å². The molecule has 0 unspecified atom stereocenters. The van der Waals surface area contributed by atoms with Gasteiger partial charge < -0.3 is 5.11 Å². The highest BCUT2D eigenvalue weighted by Crippen LogP contribution is 2.24. The van der Waals surface area contributed by atoms with E-state index in [1.165, 1.54) is 12.1 Å². The number of hydrogen-bond donors (Lipinski definition) is 1. The second kappa shape index (κ2) is 3.55. The van der Waals surface area contributed by atoms with Crippen molar-refractivity contribution in [3.8, 4) is 17.1 Å². The van der Waals surface area contributed by atoms with E-state index in [9.17, 15) is 9.50 Å². The minimum atomic E-state index is -0.370.